The summed E-state index contributed by atoms with van der Waals surface area (Å²) in [7, 11) is 1.44. The SMILES string of the molecule is Cn1cc(NC(=O)C2=NN(c3ccc(F)cc3)C(C(N)=O)C2)c(C(F)F)n1. The number of nitrogens with one attached hydrogen (secondary N) is 1. The van der Waals surface area contributed by atoms with Crippen molar-refractivity contribution in [3.05, 3.63) is 42.0 Å². The van der Waals surface area contributed by atoms with Crippen molar-refractivity contribution in [2.45, 2.75) is 18.9 Å². The van der Waals surface area contributed by atoms with Crippen LogP contribution in [0, 0.1) is 5.82 Å². The highest BCUT2D eigenvalue weighted by molar-refractivity contribution is 6.44. The molecular weight excluding hydrogens is 365 g/mol. The molecule has 1 atom stereocenters. The summed E-state index contributed by atoms with van der Waals surface area (Å²) in [5.41, 5.74) is 4.91. The third-order valence-electron chi connectivity index (χ3n) is 3.90. The maximum atomic E-state index is 13.1. The summed E-state index contributed by atoms with van der Waals surface area (Å²) in [5, 5.41) is 11.2. The first-order chi connectivity index (χ1) is 12.8. The molecule has 3 N–H and O–H groups in total. The number of rotatable bonds is 5. The normalized spacial score (nSPS) is 16.6. The lowest BCUT2D eigenvalue weighted by atomic mass is 10.1. The van der Waals surface area contributed by atoms with Gasteiger partial charge in [-0.2, -0.15) is 10.2 Å². The van der Waals surface area contributed by atoms with Crippen LogP contribution >= 0.6 is 0 Å². The van der Waals surface area contributed by atoms with Crippen LogP contribution in [-0.4, -0.2) is 33.3 Å². The predicted molar refractivity (Wildman–Crippen MR) is 90.7 cm³/mol. The molecular formula is C16H15F3N6O2. The van der Waals surface area contributed by atoms with E-state index in [9.17, 15) is 22.8 Å². The number of nitrogens with zero attached hydrogens (tertiary/aromatic N) is 4. The van der Waals surface area contributed by atoms with E-state index in [1.54, 1.807) is 0 Å². The largest absolute Gasteiger partial charge is 0.368 e. The van der Waals surface area contributed by atoms with E-state index in [-0.39, 0.29) is 17.8 Å². The zero-order chi connectivity index (χ0) is 19.7. The third kappa shape index (κ3) is 3.76. The number of anilines is 2. The number of aryl methyl sites for hydroxylation is 1. The van der Waals surface area contributed by atoms with Crippen LogP contribution in [0.5, 0.6) is 0 Å². The molecule has 1 aromatic heterocycles. The van der Waals surface area contributed by atoms with Gasteiger partial charge in [-0.3, -0.25) is 19.3 Å². The molecule has 142 valence electrons. The molecule has 0 bridgehead atoms. The fourth-order valence-corrected chi connectivity index (χ4v) is 2.66. The van der Waals surface area contributed by atoms with E-state index in [4.69, 9.17) is 5.73 Å². The monoisotopic (exact) mass is 380 g/mol. The van der Waals surface area contributed by atoms with Crippen LogP contribution in [0.1, 0.15) is 18.5 Å². The predicted octanol–water partition coefficient (Wildman–Crippen LogP) is 1.56. The topological polar surface area (TPSA) is 106 Å². The van der Waals surface area contributed by atoms with Crippen molar-refractivity contribution in [2.24, 2.45) is 17.9 Å². The second-order valence-corrected chi connectivity index (χ2v) is 5.85. The quantitative estimate of drug-likeness (QED) is 0.821. The third-order valence-corrected chi connectivity index (χ3v) is 3.90. The number of hydrogen-bond acceptors (Lipinski definition) is 5. The Morgan fingerprint density at radius 2 is 1.96 bits per heavy atom. The van der Waals surface area contributed by atoms with Gasteiger partial charge in [0.25, 0.3) is 12.3 Å². The number of primary amides is 1. The molecule has 1 aliphatic rings. The Morgan fingerprint density at radius 1 is 1.30 bits per heavy atom. The molecule has 0 aliphatic carbocycles. The van der Waals surface area contributed by atoms with Gasteiger partial charge < -0.3 is 11.1 Å². The van der Waals surface area contributed by atoms with Crippen molar-refractivity contribution in [2.75, 3.05) is 10.3 Å². The van der Waals surface area contributed by atoms with Gasteiger partial charge >= 0.3 is 0 Å². The van der Waals surface area contributed by atoms with Crippen LogP contribution < -0.4 is 16.1 Å². The maximum absolute atomic E-state index is 13.1. The molecule has 2 amide bonds. The average molecular weight is 380 g/mol. The first-order valence-electron chi connectivity index (χ1n) is 7.81. The Hall–Kier alpha value is -3.37. The number of carbonyl (C=O) groups excluding carboxylic acids is 2. The Labute approximate surface area is 151 Å². The summed E-state index contributed by atoms with van der Waals surface area (Å²) in [6.07, 6.45) is -1.76. The molecule has 1 aromatic carbocycles. The molecule has 8 nitrogen and oxygen atoms in total. The first-order valence-corrected chi connectivity index (χ1v) is 7.81. The van der Waals surface area contributed by atoms with Crippen LogP contribution in [-0.2, 0) is 16.6 Å². The summed E-state index contributed by atoms with van der Waals surface area (Å²) in [6.45, 7) is 0. The standard InChI is InChI=1S/C16H15F3N6O2/c1-24-7-11(13(23-24)14(18)19)21-16(27)10-6-12(15(20)26)25(22-10)9-4-2-8(17)3-5-9/h2-5,7,12,14H,6H2,1H3,(H2,20,26)(H,21,27). The number of aromatic nitrogens is 2. The van der Waals surface area contributed by atoms with Crippen molar-refractivity contribution in [3.63, 3.8) is 0 Å². The molecule has 0 saturated heterocycles. The van der Waals surface area contributed by atoms with Crippen LogP contribution in [0.15, 0.2) is 35.6 Å². The summed E-state index contributed by atoms with van der Waals surface area (Å²) in [4.78, 5) is 24.1. The van der Waals surface area contributed by atoms with E-state index in [1.165, 1.54) is 42.5 Å². The number of nitrogens with two attached hydrogens (primary N) is 1. The summed E-state index contributed by atoms with van der Waals surface area (Å²) in [5.74, 6) is -1.98. The van der Waals surface area contributed by atoms with Crippen molar-refractivity contribution in [1.82, 2.24) is 9.78 Å². The van der Waals surface area contributed by atoms with Crippen molar-refractivity contribution >= 4 is 28.9 Å². The zero-order valence-electron chi connectivity index (χ0n) is 14.1. The van der Waals surface area contributed by atoms with Gasteiger partial charge in [-0.15, -0.1) is 0 Å². The molecule has 2 heterocycles. The van der Waals surface area contributed by atoms with Gasteiger partial charge in [-0.25, -0.2) is 13.2 Å². The molecule has 0 spiro atoms. The van der Waals surface area contributed by atoms with E-state index >= 15 is 0 Å². The lowest BCUT2D eigenvalue weighted by molar-refractivity contribution is -0.119. The molecule has 11 heteroatoms. The van der Waals surface area contributed by atoms with Gasteiger partial charge in [0.05, 0.1) is 11.4 Å². The Balaban J connectivity index is 1.85. The lowest BCUT2D eigenvalue weighted by Crippen LogP contribution is -2.39. The van der Waals surface area contributed by atoms with Crippen molar-refractivity contribution in [1.29, 1.82) is 0 Å². The minimum Gasteiger partial charge on any atom is -0.368 e. The number of hydrazone groups is 1. The molecule has 1 aliphatic heterocycles. The molecule has 0 radical (unpaired) electrons. The second kappa shape index (κ2) is 7.09. The van der Waals surface area contributed by atoms with E-state index in [1.807, 2.05) is 0 Å². The van der Waals surface area contributed by atoms with Gasteiger partial charge in [0.15, 0.2) is 5.69 Å². The van der Waals surface area contributed by atoms with Gasteiger partial charge in [-0.1, -0.05) is 0 Å². The zero-order valence-corrected chi connectivity index (χ0v) is 14.1. The first kappa shape index (κ1) is 18.4. The average Bonchev–Trinajstić information content (AvgIpc) is 3.19. The van der Waals surface area contributed by atoms with Crippen molar-refractivity contribution in [3.8, 4) is 0 Å². The molecule has 0 saturated carbocycles. The number of hydrogen-bond donors (Lipinski definition) is 2. The number of benzene rings is 1. The minimum absolute atomic E-state index is 0.0767. The molecule has 1 unspecified atom stereocenters. The van der Waals surface area contributed by atoms with Gasteiger partial charge in [0.2, 0.25) is 5.91 Å². The van der Waals surface area contributed by atoms with E-state index in [2.05, 4.69) is 15.5 Å². The summed E-state index contributed by atoms with van der Waals surface area (Å²) >= 11 is 0. The molecule has 0 fully saturated rings. The number of carbonyl (C=O) groups is 2. The van der Waals surface area contributed by atoms with Crippen LogP contribution in [0.4, 0.5) is 24.5 Å². The molecule has 2 aromatic rings. The van der Waals surface area contributed by atoms with Crippen LogP contribution in [0.25, 0.3) is 0 Å². The Bertz CT molecular complexity index is 909. The van der Waals surface area contributed by atoms with Gasteiger partial charge in [0, 0.05) is 19.7 Å². The second-order valence-electron chi connectivity index (χ2n) is 5.85. The number of alkyl halides is 2. The van der Waals surface area contributed by atoms with Crippen molar-refractivity contribution < 1.29 is 22.8 Å². The van der Waals surface area contributed by atoms with Crippen LogP contribution in [0.3, 0.4) is 0 Å². The van der Waals surface area contributed by atoms with E-state index in [0.717, 1.165) is 4.68 Å². The Morgan fingerprint density at radius 3 is 2.56 bits per heavy atom. The van der Waals surface area contributed by atoms with Crippen LogP contribution in [0.2, 0.25) is 0 Å². The highest BCUT2D eigenvalue weighted by Gasteiger charge is 2.35. The Kier molecular flexibility index (Phi) is 4.84. The minimum atomic E-state index is -2.87. The molecule has 27 heavy (non-hydrogen) atoms. The van der Waals surface area contributed by atoms with E-state index in [0.29, 0.717) is 5.69 Å². The maximum Gasteiger partial charge on any atom is 0.284 e. The van der Waals surface area contributed by atoms with E-state index < -0.39 is 35.8 Å². The van der Waals surface area contributed by atoms with Gasteiger partial charge in [0.1, 0.15) is 17.6 Å². The van der Waals surface area contributed by atoms with Gasteiger partial charge in [-0.05, 0) is 24.3 Å². The number of halogens is 3. The number of amides is 2. The fraction of sp³-hybridized carbons (Fsp3) is 0.250. The smallest absolute Gasteiger partial charge is 0.284 e. The highest BCUT2D eigenvalue weighted by atomic mass is 19.3. The lowest BCUT2D eigenvalue weighted by Gasteiger charge is -2.20. The molecule has 3 rings (SSSR count). The fourth-order valence-electron chi connectivity index (χ4n) is 2.66. The highest BCUT2D eigenvalue weighted by Crippen LogP contribution is 2.27. The summed E-state index contributed by atoms with van der Waals surface area (Å²) < 4.78 is 40.2. The summed E-state index contributed by atoms with van der Waals surface area (Å²) in [6, 6.07) is 4.15.